The van der Waals surface area contributed by atoms with Crippen LogP contribution in [0.4, 0.5) is 0 Å². The molecule has 0 saturated carbocycles. The minimum atomic E-state index is 0.431. The quantitative estimate of drug-likeness (QED) is 0.718. The van der Waals surface area contributed by atoms with Crippen LogP contribution in [0.15, 0.2) is 29.8 Å². The Bertz CT molecular complexity index is 478. The fourth-order valence-corrected chi connectivity index (χ4v) is 3.13. The summed E-state index contributed by atoms with van der Waals surface area (Å²) in [5, 5.41) is 3.73. The van der Waals surface area contributed by atoms with Crippen molar-refractivity contribution < 1.29 is 4.74 Å². The molecule has 0 saturated heterocycles. The van der Waals surface area contributed by atoms with Crippen molar-refractivity contribution in [1.82, 2.24) is 5.32 Å². The van der Waals surface area contributed by atoms with Gasteiger partial charge < -0.3 is 10.1 Å². The van der Waals surface area contributed by atoms with Crippen LogP contribution < -0.4 is 10.1 Å². The van der Waals surface area contributed by atoms with Gasteiger partial charge in [0.1, 0.15) is 5.75 Å². The molecule has 1 unspecified atom stereocenters. The van der Waals surface area contributed by atoms with Crippen LogP contribution in [0.2, 0.25) is 0 Å². The molecule has 1 atom stereocenters. The zero-order valence-corrected chi connectivity index (χ0v) is 13.7. The first-order valence-corrected chi connectivity index (χ1v) is 8.30. The molecule has 0 amide bonds. The average Bonchev–Trinajstić information content (AvgIpc) is 2.52. The summed E-state index contributed by atoms with van der Waals surface area (Å²) < 4.78 is 5.33. The van der Waals surface area contributed by atoms with E-state index in [1.807, 2.05) is 0 Å². The second kappa shape index (κ2) is 8.23. The van der Waals surface area contributed by atoms with E-state index in [1.54, 1.807) is 12.7 Å². The van der Waals surface area contributed by atoms with E-state index in [-0.39, 0.29) is 0 Å². The van der Waals surface area contributed by atoms with Crippen molar-refractivity contribution in [3.05, 3.63) is 41.0 Å². The van der Waals surface area contributed by atoms with Gasteiger partial charge in [-0.15, -0.1) is 0 Å². The summed E-state index contributed by atoms with van der Waals surface area (Å²) in [4.78, 5) is 0. The summed E-state index contributed by atoms with van der Waals surface area (Å²) >= 11 is 0. The molecule has 116 valence electrons. The fraction of sp³-hybridized carbons (Fsp3) is 0.579. The van der Waals surface area contributed by atoms with Crippen molar-refractivity contribution in [2.24, 2.45) is 0 Å². The molecule has 1 aromatic rings. The maximum atomic E-state index is 5.33. The summed E-state index contributed by atoms with van der Waals surface area (Å²) in [6.45, 7) is 5.49. The largest absolute Gasteiger partial charge is 0.497 e. The first-order valence-electron chi connectivity index (χ1n) is 8.30. The van der Waals surface area contributed by atoms with Gasteiger partial charge in [0.05, 0.1) is 7.11 Å². The molecule has 21 heavy (non-hydrogen) atoms. The van der Waals surface area contributed by atoms with E-state index in [4.69, 9.17) is 4.74 Å². The molecule has 0 fully saturated rings. The zero-order valence-electron chi connectivity index (χ0n) is 13.7. The molecule has 0 radical (unpaired) electrons. The first-order chi connectivity index (χ1) is 10.2. The second-order valence-electron chi connectivity index (χ2n) is 6.04. The predicted molar refractivity (Wildman–Crippen MR) is 89.9 cm³/mol. The van der Waals surface area contributed by atoms with Crippen molar-refractivity contribution >= 4 is 0 Å². The van der Waals surface area contributed by atoms with Gasteiger partial charge in [-0.3, -0.25) is 0 Å². The fourth-order valence-electron chi connectivity index (χ4n) is 3.13. The van der Waals surface area contributed by atoms with Gasteiger partial charge in [-0.1, -0.05) is 24.6 Å². The Morgan fingerprint density at radius 1 is 1.29 bits per heavy atom. The minimum absolute atomic E-state index is 0.431. The number of rotatable bonds is 7. The van der Waals surface area contributed by atoms with Crippen LogP contribution in [0.3, 0.4) is 0 Å². The summed E-state index contributed by atoms with van der Waals surface area (Å²) in [7, 11) is 1.73. The van der Waals surface area contributed by atoms with E-state index in [9.17, 15) is 0 Å². The van der Waals surface area contributed by atoms with Gasteiger partial charge in [0.15, 0.2) is 0 Å². The molecule has 2 nitrogen and oxygen atoms in total. The summed E-state index contributed by atoms with van der Waals surface area (Å²) in [5.41, 5.74) is 4.36. The number of benzene rings is 1. The molecule has 2 rings (SSSR count). The highest BCUT2D eigenvalue weighted by molar-refractivity contribution is 5.37. The number of aryl methyl sites for hydroxylation is 1. The smallest absolute Gasteiger partial charge is 0.119 e. The molecule has 0 spiro atoms. The van der Waals surface area contributed by atoms with E-state index in [2.05, 4.69) is 43.4 Å². The van der Waals surface area contributed by atoms with Crippen LogP contribution in [0.25, 0.3) is 0 Å². The Kier molecular flexibility index (Phi) is 6.31. The standard InChI is InChI=1S/C19H29NO/c1-4-12-20-19(14-16-8-6-5-7-9-16)18-11-10-17(21-3)13-15(18)2/h8,10-11,13,19-20H,4-7,9,12,14H2,1-3H3. The highest BCUT2D eigenvalue weighted by Gasteiger charge is 2.16. The van der Waals surface area contributed by atoms with E-state index in [1.165, 1.54) is 43.2 Å². The van der Waals surface area contributed by atoms with Gasteiger partial charge in [-0.2, -0.15) is 0 Å². The van der Waals surface area contributed by atoms with Crippen molar-refractivity contribution in [3.63, 3.8) is 0 Å². The first kappa shape index (κ1) is 16.1. The van der Waals surface area contributed by atoms with Gasteiger partial charge in [0.2, 0.25) is 0 Å². The monoisotopic (exact) mass is 287 g/mol. The summed E-state index contributed by atoms with van der Waals surface area (Å²) in [5.74, 6) is 0.947. The third-order valence-electron chi connectivity index (χ3n) is 4.34. The molecule has 1 N–H and O–H groups in total. The Balaban J connectivity index is 2.16. The van der Waals surface area contributed by atoms with Crippen molar-refractivity contribution in [3.8, 4) is 5.75 Å². The van der Waals surface area contributed by atoms with Crippen molar-refractivity contribution in [2.75, 3.05) is 13.7 Å². The molecule has 1 aliphatic carbocycles. The van der Waals surface area contributed by atoms with Gasteiger partial charge >= 0.3 is 0 Å². The van der Waals surface area contributed by atoms with E-state index < -0.39 is 0 Å². The van der Waals surface area contributed by atoms with Gasteiger partial charge in [0, 0.05) is 6.04 Å². The minimum Gasteiger partial charge on any atom is -0.497 e. The highest BCUT2D eigenvalue weighted by atomic mass is 16.5. The SMILES string of the molecule is CCCNC(CC1=CCCCC1)c1ccc(OC)cc1C. The number of hydrogen-bond donors (Lipinski definition) is 1. The van der Waals surface area contributed by atoms with Gasteiger partial charge in [-0.25, -0.2) is 0 Å². The topological polar surface area (TPSA) is 21.3 Å². The van der Waals surface area contributed by atoms with Crippen LogP contribution >= 0.6 is 0 Å². The molecule has 0 bridgehead atoms. The molecular formula is C19H29NO. The molecule has 1 aromatic carbocycles. The van der Waals surface area contributed by atoms with Crippen LogP contribution in [0, 0.1) is 6.92 Å². The van der Waals surface area contributed by atoms with Crippen LogP contribution in [-0.4, -0.2) is 13.7 Å². The Labute approximate surface area is 129 Å². The van der Waals surface area contributed by atoms with Crippen LogP contribution in [0.1, 0.15) is 62.6 Å². The summed E-state index contributed by atoms with van der Waals surface area (Å²) in [6.07, 6.45) is 10.0. The van der Waals surface area contributed by atoms with E-state index in [0.717, 1.165) is 18.7 Å². The molecule has 0 aliphatic heterocycles. The Morgan fingerprint density at radius 3 is 2.76 bits per heavy atom. The molecule has 0 heterocycles. The van der Waals surface area contributed by atoms with Gasteiger partial charge in [-0.05, 0) is 75.3 Å². The maximum absolute atomic E-state index is 5.33. The number of methoxy groups -OCH3 is 1. The number of ether oxygens (including phenoxy) is 1. The molecular weight excluding hydrogens is 258 g/mol. The number of nitrogens with one attached hydrogen (secondary N) is 1. The normalized spacial score (nSPS) is 16.4. The Morgan fingerprint density at radius 2 is 2.14 bits per heavy atom. The summed E-state index contributed by atoms with van der Waals surface area (Å²) in [6, 6.07) is 6.88. The molecule has 1 aliphatic rings. The van der Waals surface area contributed by atoms with Gasteiger partial charge in [0.25, 0.3) is 0 Å². The average molecular weight is 287 g/mol. The lowest BCUT2D eigenvalue weighted by atomic mass is 9.90. The lowest BCUT2D eigenvalue weighted by Crippen LogP contribution is -2.23. The third kappa shape index (κ3) is 4.60. The highest BCUT2D eigenvalue weighted by Crippen LogP contribution is 2.30. The molecule has 2 heteroatoms. The predicted octanol–water partition coefficient (Wildman–Crippen LogP) is 4.93. The Hall–Kier alpha value is -1.28. The van der Waals surface area contributed by atoms with E-state index in [0.29, 0.717) is 6.04 Å². The van der Waals surface area contributed by atoms with Crippen molar-refractivity contribution in [1.29, 1.82) is 0 Å². The van der Waals surface area contributed by atoms with Crippen LogP contribution in [-0.2, 0) is 0 Å². The third-order valence-corrected chi connectivity index (χ3v) is 4.34. The lowest BCUT2D eigenvalue weighted by molar-refractivity contribution is 0.413. The second-order valence-corrected chi connectivity index (χ2v) is 6.04. The molecule has 0 aromatic heterocycles. The van der Waals surface area contributed by atoms with E-state index >= 15 is 0 Å². The maximum Gasteiger partial charge on any atom is 0.119 e. The lowest BCUT2D eigenvalue weighted by Gasteiger charge is -2.24. The van der Waals surface area contributed by atoms with Crippen LogP contribution in [0.5, 0.6) is 5.75 Å². The number of hydrogen-bond acceptors (Lipinski definition) is 2. The number of allylic oxidation sites excluding steroid dienone is 1. The van der Waals surface area contributed by atoms with Crippen molar-refractivity contribution in [2.45, 2.75) is 58.4 Å². The zero-order chi connectivity index (χ0) is 15.1.